The average Bonchev–Trinajstić information content (AvgIpc) is 2.64. The summed E-state index contributed by atoms with van der Waals surface area (Å²) in [6.45, 7) is 0.583. The quantitative estimate of drug-likeness (QED) is 0.734. The van der Waals surface area contributed by atoms with Crippen molar-refractivity contribution in [3.05, 3.63) is 59.9 Å². The minimum Gasteiger partial charge on any atom is -0.497 e. The van der Waals surface area contributed by atoms with E-state index in [1.54, 1.807) is 50.7 Å². The number of aromatic nitrogens is 1. The number of likely N-dealkylation sites (N-methyl/N-ethyl adjacent to an activating group) is 1. The monoisotopic (exact) mass is 326 g/mol. The van der Waals surface area contributed by atoms with Gasteiger partial charge in [0.25, 0.3) is 0 Å². The lowest BCUT2D eigenvalue weighted by molar-refractivity contribution is -0.124. The molecule has 0 N–H and O–H groups in total. The van der Waals surface area contributed by atoms with E-state index in [9.17, 15) is 4.79 Å². The molecule has 5 heteroatoms. The second-order valence-corrected chi connectivity index (χ2v) is 5.31. The summed E-state index contributed by atoms with van der Waals surface area (Å²) in [4.78, 5) is 17.9. The molecule has 0 aliphatic heterocycles. The Morgan fingerprint density at radius 3 is 2.75 bits per heavy atom. The van der Waals surface area contributed by atoms with Crippen LogP contribution in [0.1, 0.15) is 11.1 Å². The Morgan fingerprint density at radius 2 is 2.08 bits per heavy atom. The van der Waals surface area contributed by atoms with Gasteiger partial charge in [-0.3, -0.25) is 9.78 Å². The SMILES string of the molecule is COc1ccc(OC)c(CCN(C)C(=O)C=Cc2cccnc2)c1. The highest BCUT2D eigenvalue weighted by molar-refractivity contribution is 5.91. The number of carbonyl (C=O) groups is 1. The standard InChI is InChI=1S/C19H22N2O3/c1-21(19(22)9-6-15-5-4-11-20-14-15)12-10-16-13-17(23-2)7-8-18(16)24-3/h4-9,11,13-14H,10,12H2,1-3H3. The summed E-state index contributed by atoms with van der Waals surface area (Å²) in [7, 11) is 5.05. The van der Waals surface area contributed by atoms with Gasteiger partial charge < -0.3 is 14.4 Å². The van der Waals surface area contributed by atoms with Crippen molar-refractivity contribution in [1.29, 1.82) is 0 Å². The summed E-state index contributed by atoms with van der Waals surface area (Å²) >= 11 is 0. The van der Waals surface area contributed by atoms with E-state index in [2.05, 4.69) is 4.98 Å². The topological polar surface area (TPSA) is 51.7 Å². The third-order valence-electron chi connectivity index (χ3n) is 3.68. The zero-order chi connectivity index (χ0) is 17.4. The number of ether oxygens (including phenoxy) is 2. The van der Waals surface area contributed by atoms with Crippen LogP contribution in [0.25, 0.3) is 6.08 Å². The highest BCUT2D eigenvalue weighted by atomic mass is 16.5. The Hall–Kier alpha value is -2.82. The maximum atomic E-state index is 12.2. The molecule has 0 fully saturated rings. The zero-order valence-corrected chi connectivity index (χ0v) is 14.2. The number of rotatable bonds is 7. The molecule has 24 heavy (non-hydrogen) atoms. The van der Waals surface area contributed by atoms with Crippen molar-refractivity contribution in [3.8, 4) is 11.5 Å². The van der Waals surface area contributed by atoms with Gasteiger partial charge in [-0.15, -0.1) is 0 Å². The van der Waals surface area contributed by atoms with E-state index in [4.69, 9.17) is 9.47 Å². The molecule has 0 bridgehead atoms. The van der Waals surface area contributed by atoms with Crippen LogP contribution in [0.3, 0.4) is 0 Å². The number of nitrogens with zero attached hydrogens (tertiary/aromatic N) is 2. The van der Waals surface area contributed by atoms with Crippen molar-refractivity contribution in [2.45, 2.75) is 6.42 Å². The lowest BCUT2D eigenvalue weighted by Crippen LogP contribution is -2.27. The molecule has 5 nitrogen and oxygen atoms in total. The van der Waals surface area contributed by atoms with Crippen LogP contribution < -0.4 is 9.47 Å². The number of hydrogen-bond acceptors (Lipinski definition) is 4. The van der Waals surface area contributed by atoms with Crippen molar-refractivity contribution in [2.24, 2.45) is 0 Å². The van der Waals surface area contributed by atoms with E-state index >= 15 is 0 Å². The number of methoxy groups -OCH3 is 2. The van der Waals surface area contributed by atoms with Crippen molar-refractivity contribution < 1.29 is 14.3 Å². The highest BCUT2D eigenvalue weighted by Gasteiger charge is 2.09. The van der Waals surface area contributed by atoms with E-state index in [0.717, 1.165) is 22.6 Å². The maximum absolute atomic E-state index is 12.2. The third kappa shape index (κ3) is 4.84. The smallest absolute Gasteiger partial charge is 0.246 e. The predicted molar refractivity (Wildman–Crippen MR) is 94.2 cm³/mol. The second-order valence-electron chi connectivity index (χ2n) is 5.31. The summed E-state index contributed by atoms with van der Waals surface area (Å²) in [5.74, 6) is 1.51. The van der Waals surface area contributed by atoms with Crippen LogP contribution in [-0.2, 0) is 11.2 Å². The molecule has 2 rings (SSSR count). The number of benzene rings is 1. The number of pyridine rings is 1. The lowest BCUT2D eigenvalue weighted by atomic mass is 10.1. The molecule has 2 aromatic rings. The van der Waals surface area contributed by atoms with Crippen LogP contribution in [0.5, 0.6) is 11.5 Å². The maximum Gasteiger partial charge on any atom is 0.246 e. The Bertz CT molecular complexity index is 699. The molecule has 1 heterocycles. The first-order chi connectivity index (χ1) is 11.6. The first kappa shape index (κ1) is 17.5. The fourth-order valence-corrected chi connectivity index (χ4v) is 2.24. The molecule has 0 spiro atoms. The molecule has 0 atom stereocenters. The lowest BCUT2D eigenvalue weighted by Gasteiger charge is -2.16. The molecule has 1 amide bonds. The van der Waals surface area contributed by atoms with Gasteiger partial charge in [-0.1, -0.05) is 6.07 Å². The summed E-state index contributed by atoms with van der Waals surface area (Å²) < 4.78 is 10.6. The molecule has 0 aliphatic rings. The molecule has 126 valence electrons. The van der Waals surface area contributed by atoms with Gasteiger partial charge >= 0.3 is 0 Å². The minimum absolute atomic E-state index is 0.0549. The Kier molecular flexibility index (Phi) is 6.37. The highest BCUT2D eigenvalue weighted by Crippen LogP contribution is 2.24. The molecule has 0 aliphatic carbocycles. The van der Waals surface area contributed by atoms with Gasteiger partial charge in [0.15, 0.2) is 0 Å². The molecular formula is C19H22N2O3. The molecule has 0 saturated heterocycles. The summed E-state index contributed by atoms with van der Waals surface area (Å²) in [6.07, 6.45) is 7.42. The van der Waals surface area contributed by atoms with Crippen LogP contribution in [0, 0.1) is 0 Å². The molecule has 1 aromatic carbocycles. The first-order valence-electron chi connectivity index (χ1n) is 7.68. The summed E-state index contributed by atoms with van der Waals surface area (Å²) in [5, 5.41) is 0. The third-order valence-corrected chi connectivity index (χ3v) is 3.68. The first-order valence-corrected chi connectivity index (χ1v) is 7.68. The largest absolute Gasteiger partial charge is 0.497 e. The van der Waals surface area contributed by atoms with Gasteiger partial charge in [0, 0.05) is 32.1 Å². The Balaban J connectivity index is 1.96. The van der Waals surface area contributed by atoms with E-state index in [1.165, 1.54) is 0 Å². The van der Waals surface area contributed by atoms with E-state index in [1.807, 2.05) is 30.3 Å². The normalized spacial score (nSPS) is 10.6. The Labute approximate surface area is 142 Å². The fourth-order valence-electron chi connectivity index (χ4n) is 2.24. The van der Waals surface area contributed by atoms with Crippen LogP contribution in [-0.4, -0.2) is 43.6 Å². The molecule has 0 unspecified atom stereocenters. The molecule has 0 saturated carbocycles. The van der Waals surface area contributed by atoms with E-state index in [-0.39, 0.29) is 5.91 Å². The van der Waals surface area contributed by atoms with Crippen molar-refractivity contribution in [2.75, 3.05) is 27.8 Å². The number of carbonyl (C=O) groups excluding carboxylic acids is 1. The fraction of sp³-hybridized carbons (Fsp3) is 0.263. The van der Waals surface area contributed by atoms with Crippen LogP contribution >= 0.6 is 0 Å². The van der Waals surface area contributed by atoms with Gasteiger partial charge in [-0.2, -0.15) is 0 Å². The van der Waals surface area contributed by atoms with E-state index in [0.29, 0.717) is 13.0 Å². The van der Waals surface area contributed by atoms with Gasteiger partial charge in [0.2, 0.25) is 5.91 Å². The zero-order valence-electron chi connectivity index (χ0n) is 14.2. The van der Waals surface area contributed by atoms with Crippen molar-refractivity contribution >= 4 is 12.0 Å². The molecular weight excluding hydrogens is 304 g/mol. The van der Waals surface area contributed by atoms with Gasteiger partial charge in [-0.05, 0) is 47.9 Å². The van der Waals surface area contributed by atoms with Crippen LogP contribution in [0.2, 0.25) is 0 Å². The van der Waals surface area contributed by atoms with Gasteiger partial charge in [0.05, 0.1) is 14.2 Å². The van der Waals surface area contributed by atoms with E-state index < -0.39 is 0 Å². The van der Waals surface area contributed by atoms with Gasteiger partial charge in [0.1, 0.15) is 11.5 Å². The van der Waals surface area contributed by atoms with Crippen molar-refractivity contribution in [1.82, 2.24) is 9.88 Å². The van der Waals surface area contributed by atoms with Crippen molar-refractivity contribution in [3.63, 3.8) is 0 Å². The minimum atomic E-state index is -0.0549. The predicted octanol–water partition coefficient (Wildman–Crippen LogP) is 2.81. The molecule has 1 aromatic heterocycles. The number of amides is 1. The van der Waals surface area contributed by atoms with Crippen LogP contribution in [0.4, 0.5) is 0 Å². The molecule has 0 radical (unpaired) electrons. The second kappa shape index (κ2) is 8.72. The summed E-state index contributed by atoms with van der Waals surface area (Å²) in [5.41, 5.74) is 1.90. The number of hydrogen-bond donors (Lipinski definition) is 0. The average molecular weight is 326 g/mol. The van der Waals surface area contributed by atoms with Crippen LogP contribution in [0.15, 0.2) is 48.8 Å². The van der Waals surface area contributed by atoms with Gasteiger partial charge in [-0.25, -0.2) is 0 Å². The summed E-state index contributed by atoms with van der Waals surface area (Å²) in [6, 6.07) is 9.40. The Morgan fingerprint density at radius 1 is 1.25 bits per heavy atom.